The molecule has 1 saturated carbocycles. The van der Waals surface area contributed by atoms with Crippen molar-refractivity contribution in [2.24, 2.45) is 5.92 Å². The van der Waals surface area contributed by atoms with E-state index in [0.717, 1.165) is 61.0 Å². The lowest BCUT2D eigenvalue weighted by molar-refractivity contribution is 0.0972. The van der Waals surface area contributed by atoms with Crippen molar-refractivity contribution in [3.05, 3.63) is 47.8 Å². The van der Waals surface area contributed by atoms with Gasteiger partial charge >= 0.3 is 0 Å². The summed E-state index contributed by atoms with van der Waals surface area (Å²) in [4.78, 5) is 12.0. The van der Waals surface area contributed by atoms with Crippen molar-refractivity contribution < 1.29 is 9.53 Å². The molecule has 0 saturated heterocycles. The normalized spacial score (nSPS) is 16.7. The number of rotatable bonds is 8. The lowest BCUT2D eigenvalue weighted by atomic mass is 9.97. The Labute approximate surface area is 149 Å². The molecule has 0 amide bonds. The van der Waals surface area contributed by atoms with Gasteiger partial charge in [-0.1, -0.05) is 0 Å². The van der Waals surface area contributed by atoms with Crippen LogP contribution in [0.25, 0.3) is 5.69 Å². The van der Waals surface area contributed by atoms with E-state index in [-0.39, 0.29) is 5.78 Å². The Morgan fingerprint density at radius 1 is 1.12 bits per heavy atom. The van der Waals surface area contributed by atoms with Crippen LogP contribution in [-0.4, -0.2) is 30.0 Å². The van der Waals surface area contributed by atoms with Crippen LogP contribution in [0.1, 0.15) is 48.2 Å². The molecule has 132 valence electrons. The van der Waals surface area contributed by atoms with Gasteiger partial charge in [0.05, 0.1) is 6.61 Å². The third kappa shape index (κ3) is 3.96. The fourth-order valence-corrected chi connectivity index (χ4v) is 3.49. The van der Waals surface area contributed by atoms with Crippen LogP contribution < -0.4 is 10.1 Å². The summed E-state index contributed by atoms with van der Waals surface area (Å²) in [5, 5.41) is 3.48. The fourth-order valence-electron chi connectivity index (χ4n) is 3.49. The minimum absolute atomic E-state index is 0.273. The maximum atomic E-state index is 12.0. The average molecular weight is 338 g/mol. The number of nitrogens with zero attached hydrogens (tertiary/aromatic N) is 1. The highest BCUT2D eigenvalue weighted by Gasteiger charge is 2.21. The van der Waals surface area contributed by atoms with E-state index in [1.165, 1.54) is 19.4 Å². The number of benzene rings is 1. The van der Waals surface area contributed by atoms with Crippen molar-refractivity contribution in [2.45, 2.75) is 38.5 Å². The molecule has 0 aliphatic heterocycles. The molecule has 0 unspecified atom stereocenters. The molecule has 2 aliphatic carbocycles. The molecule has 2 aromatic rings. The molecule has 1 fully saturated rings. The van der Waals surface area contributed by atoms with Gasteiger partial charge in [0.1, 0.15) is 5.75 Å². The molecule has 0 radical (unpaired) electrons. The number of carbonyl (C=O) groups is 1. The molecule has 0 spiro atoms. The second-order valence-electron chi connectivity index (χ2n) is 7.17. The highest BCUT2D eigenvalue weighted by Crippen LogP contribution is 2.27. The Morgan fingerprint density at radius 3 is 2.76 bits per heavy atom. The number of ketones is 1. The van der Waals surface area contributed by atoms with Crippen LogP contribution >= 0.6 is 0 Å². The van der Waals surface area contributed by atoms with Crippen LogP contribution in [0.2, 0.25) is 0 Å². The largest absolute Gasteiger partial charge is 0.494 e. The van der Waals surface area contributed by atoms with Crippen molar-refractivity contribution in [3.8, 4) is 11.4 Å². The molecule has 2 aliphatic rings. The smallest absolute Gasteiger partial charge is 0.164 e. The summed E-state index contributed by atoms with van der Waals surface area (Å²) in [6.07, 6.45) is 8.44. The van der Waals surface area contributed by atoms with Crippen LogP contribution in [0.15, 0.2) is 36.5 Å². The van der Waals surface area contributed by atoms with Gasteiger partial charge in [-0.25, -0.2) is 0 Å². The molecule has 1 aromatic heterocycles. The maximum absolute atomic E-state index is 12.0. The highest BCUT2D eigenvalue weighted by molar-refractivity contribution is 5.98. The van der Waals surface area contributed by atoms with Crippen LogP contribution in [0.5, 0.6) is 5.75 Å². The number of carbonyl (C=O) groups excluding carboxylic acids is 1. The predicted octanol–water partition coefficient (Wildman–Crippen LogP) is 3.76. The van der Waals surface area contributed by atoms with E-state index in [2.05, 4.69) is 22.0 Å². The first-order valence-corrected chi connectivity index (χ1v) is 9.48. The van der Waals surface area contributed by atoms with E-state index < -0.39 is 0 Å². The number of hydrogen-bond donors (Lipinski definition) is 1. The lowest BCUT2D eigenvalue weighted by Crippen LogP contribution is -2.19. The minimum atomic E-state index is 0.273. The van der Waals surface area contributed by atoms with Gasteiger partial charge in [0, 0.05) is 29.6 Å². The molecule has 4 heteroatoms. The molecule has 0 atom stereocenters. The van der Waals surface area contributed by atoms with Crippen LogP contribution in [0, 0.1) is 5.92 Å². The number of aromatic nitrogens is 1. The van der Waals surface area contributed by atoms with E-state index in [4.69, 9.17) is 4.74 Å². The zero-order valence-corrected chi connectivity index (χ0v) is 14.7. The van der Waals surface area contributed by atoms with Crippen molar-refractivity contribution in [3.63, 3.8) is 0 Å². The molecular formula is C21H26N2O2. The van der Waals surface area contributed by atoms with Gasteiger partial charge in [-0.15, -0.1) is 0 Å². The Balaban J connectivity index is 1.30. The topological polar surface area (TPSA) is 43.3 Å². The second kappa shape index (κ2) is 7.44. The number of nitrogens with one attached hydrogen (secondary N) is 1. The minimum Gasteiger partial charge on any atom is -0.494 e. The zero-order valence-electron chi connectivity index (χ0n) is 14.7. The molecule has 1 N–H and O–H groups in total. The Kier molecular flexibility index (Phi) is 4.88. The van der Waals surface area contributed by atoms with Gasteiger partial charge in [-0.05, 0) is 81.4 Å². The van der Waals surface area contributed by atoms with Gasteiger partial charge in [0.15, 0.2) is 5.78 Å². The van der Waals surface area contributed by atoms with Crippen molar-refractivity contribution in [2.75, 3.05) is 19.7 Å². The van der Waals surface area contributed by atoms with Gasteiger partial charge < -0.3 is 14.6 Å². The average Bonchev–Trinajstić information content (AvgIpc) is 3.35. The third-order valence-electron chi connectivity index (χ3n) is 5.12. The molecule has 4 nitrogen and oxygen atoms in total. The molecular weight excluding hydrogens is 312 g/mol. The Morgan fingerprint density at radius 2 is 1.96 bits per heavy atom. The Bertz CT molecular complexity index is 729. The highest BCUT2D eigenvalue weighted by atomic mass is 16.5. The van der Waals surface area contributed by atoms with Gasteiger partial charge in [0.25, 0.3) is 0 Å². The number of ether oxygens (including phenoxy) is 1. The van der Waals surface area contributed by atoms with E-state index in [9.17, 15) is 4.79 Å². The van der Waals surface area contributed by atoms with Crippen LogP contribution in [0.3, 0.4) is 0 Å². The molecule has 25 heavy (non-hydrogen) atoms. The van der Waals surface area contributed by atoms with E-state index >= 15 is 0 Å². The summed E-state index contributed by atoms with van der Waals surface area (Å²) < 4.78 is 7.96. The summed E-state index contributed by atoms with van der Waals surface area (Å²) in [6.45, 7) is 2.93. The van der Waals surface area contributed by atoms with Crippen molar-refractivity contribution in [1.82, 2.24) is 9.88 Å². The monoisotopic (exact) mass is 338 g/mol. The van der Waals surface area contributed by atoms with E-state index in [1.54, 1.807) is 0 Å². The summed E-state index contributed by atoms with van der Waals surface area (Å²) in [5.74, 6) is 2.11. The third-order valence-corrected chi connectivity index (χ3v) is 5.12. The SMILES string of the molecule is O=C1CCCc2c1ccn2-c1ccc(OCCCNCC2CC2)cc1. The van der Waals surface area contributed by atoms with E-state index in [0.29, 0.717) is 6.42 Å². The van der Waals surface area contributed by atoms with Crippen LogP contribution in [0.4, 0.5) is 0 Å². The maximum Gasteiger partial charge on any atom is 0.164 e. The summed E-state index contributed by atoms with van der Waals surface area (Å²) >= 11 is 0. The second-order valence-corrected chi connectivity index (χ2v) is 7.17. The summed E-state index contributed by atoms with van der Waals surface area (Å²) in [6, 6.07) is 10.1. The zero-order chi connectivity index (χ0) is 17.1. The first-order chi connectivity index (χ1) is 12.3. The predicted molar refractivity (Wildman–Crippen MR) is 98.7 cm³/mol. The number of Topliss-reactive ketones (excluding diaryl/α,β-unsaturated/α-hetero) is 1. The van der Waals surface area contributed by atoms with Gasteiger partial charge in [-0.3, -0.25) is 4.79 Å². The molecule has 0 bridgehead atoms. The van der Waals surface area contributed by atoms with Gasteiger partial charge in [0.2, 0.25) is 0 Å². The fraction of sp³-hybridized carbons (Fsp3) is 0.476. The molecule has 1 aromatic carbocycles. The van der Waals surface area contributed by atoms with Crippen LogP contribution in [-0.2, 0) is 6.42 Å². The molecule has 4 rings (SSSR count). The van der Waals surface area contributed by atoms with Crippen molar-refractivity contribution >= 4 is 5.78 Å². The first kappa shape index (κ1) is 16.4. The Hall–Kier alpha value is -2.07. The van der Waals surface area contributed by atoms with Crippen molar-refractivity contribution in [1.29, 1.82) is 0 Å². The number of fused-ring (bicyclic) bond motifs is 1. The summed E-state index contributed by atoms with van der Waals surface area (Å²) in [5.41, 5.74) is 3.13. The first-order valence-electron chi connectivity index (χ1n) is 9.48. The standard InChI is InChI=1S/C21H26N2O2/c24-21-4-1-3-20-19(21)11-13-23(20)17-7-9-18(10-8-17)25-14-2-12-22-15-16-5-6-16/h7-11,13,16,22H,1-6,12,14-15H2. The summed E-state index contributed by atoms with van der Waals surface area (Å²) in [7, 11) is 0. The van der Waals surface area contributed by atoms with Gasteiger partial charge in [-0.2, -0.15) is 0 Å². The van der Waals surface area contributed by atoms with E-state index in [1.807, 2.05) is 24.4 Å². The molecule has 1 heterocycles. The quantitative estimate of drug-likeness (QED) is 0.745. The lowest BCUT2D eigenvalue weighted by Gasteiger charge is -2.15. The number of hydrogen-bond acceptors (Lipinski definition) is 3.